The third-order valence-electron chi connectivity index (χ3n) is 3.92. The molecular formula is C17H25N3O3. The van der Waals surface area contributed by atoms with Gasteiger partial charge in [-0.15, -0.1) is 0 Å². The van der Waals surface area contributed by atoms with Crippen LogP contribution < -0.4 is 15.4 Å². The van der Waals surface area contributed by atoms with Crippen molar-refractivity contribution in [1.82, 2.24) is 15.5 Å². The highest BCUT2D eigenvalue weighted by Crippen LogP contribution is 2.18. The molecule has 1 aliphatic rings. The number of likely N-dealkylation sites (N-methyl/N-ethyl adjacent to an activating group) is 1. The van der Waals surface area contributed by atoms with Crippen molar-refractivity contribution in [3.05, 3.63) is 29.8 Å². The average molecular weight is 319 g/mol. The zero-order valence-electron chi connectivity index (χ0n) is 13.8. The van der Waals surface area contributed by atoms with E-state index in [0.717, 1.165) is 24.2 Å². The van der Waals surface area contributed by atoms with E-state index in [9.17, 15) is 9.59 Å². The van der Waals surface area contributed by atoms with E-state index in [1.54, 1.807) is 7.11 Å². The van der Waals surface area contributed by atoms with E-state index in [0.29, 0.717) is 19.5 Å². The second-order valence-electron chi connectivity index (χ2n) is 5.89. The molecule has 1 saturated heterocycles. The lowest BCUT2D eigenvalue weighted by atomic mass is 10.1. The lowest BCUT2D eigenvalue weighted by Gasteiger charge is -2.20. The van der Waals surface area contributed by atoms with Gasteiger partial charge in [0.2, 0.25) is 11.8 Å². The summed E-state index contributed by atoms with van der Waals surface area (Å²) in [4.78, 5) is 25.9. The maximum absolute atomic E-state index is 12.2. The van der Waals surface area contributed by atoms with E-state index < -0.39 is 6.04 Å². The molecule has 1 atom stereocenters. The first-order valence-electron chi connectivity index (χ1n) is 7.97. The zero-order chi connectivity index (χ0) is 16.7. The Morgan fingerprint density at radius 2 is 2.17 bits per heavy atom. The molecule has 126 valence electrons. The maximum atomic E-state index is 12.2. The molecule has 2 N–H and O–H groups in total. The summed E-state index contributed by atoms with van der Waals surface area (Å²) in [6, 6.07) is 7.33. The minimum absolute atomic E-state index is 0.0803. The minimum Gasteiger partial charge on any atom is -0.496 e. The van der Waals surface area contributed by atoms with Gasteiger partial charge in [-0.3, -0.25) is 14.5 Å². The second-order valence-corrected chi connectivity index (χ2v) is 5.89. The van der Waals surface area contributed by atoms with Crippen LogP contribution in [0.15, 0.2) is 24.3 Å². The molecule has 0 bridgehead atoms. The van der Waals surface area contributed by atoms with E-state index in [4.69, 9.17) is 4.74 Å². The third-order valence-corrected chi connectivity index (χ3v) is 3.92. The predicted molar refractivity (Wildman–Crippen MR) is 88.1 cm³/mol. The summed E-state index contributed by atoms with van der Waals surface area (Å²) in [6.45, 7) is 1.54. The van der Waals surface area contributed by atoms with Gasteiger partial charge in [-0.2, -0.15) is 0 Å². The van der Waals surface area contributed by atoms with Crippen LogP contribution in [0.2, 0.25) is 0 Å². The largest absolute Gasteiger partial charge is 0.496 e. The van der Waals surface area contributed by atoms with E-state index in [-0.39, 0.29) is 18.4 Å². The van der Waals surface area contributed by atoms with Crippen molar-refractivity contribution in [3.63, 3.8) is 0 Å². The van der Waals surface area contributed by atoms with Gasteiger partial charge in [0.05, 0.1) is 13.7 Å². The summed E-state index contributed by atoms with van der Waals surface area (Å²) in [5, 5.41) is 5.65. The molecule has 1 aliphatic heterocycles. The van der Waals surface area contributed by atoms with Gasteiger partial charge in [-0.05, 0) is 32.4 Å². The Bertz CT molecular complexity index is 548. The molecule has 6 heteroatoms. The molecule has 1 aromatic carbocycles. The Hall–Kier alpha value is -2.08. The van der Waals surface area contributed by atoms with Crippen molar-refractivity contribution in [2.75, 3.05) is 27.2 Å². The quantitative estimate of drug-likeness (QED) is 0.818. The highest BCUT2D eigenvalue weighted by Gasteiger charge is 2.22. The molecule has 1 fully saturated rings. The first kappa shape index (κ1) is 17.3. The standard InChI is InChI=1S/C17H25N3O3/c1-20(11-13-7-3-4-9-15(13)23-2)12-16(21)19-14-8-5-6-10-18-17(14)22/h3-4,7,9,14H,5-6,8,10-12H2,1-2H3,(H,18,22)(H,19,21)/t14-/m0/s1. The van der Waals surface area contributed by atoms with E-state index in [1.807, 2.05) is 36.2 Å². The summed E-state index contributed by atoms with van der Waals surface area (Å²) < 4.78 is 5.32. The molecule has 0 unspecified atom stereocenters. The van der Waals surface area contributed by atoms with Gasteiger partial charge in [0.1, 0.15) is 11.8 Å². The fourth-order valence-electron chi connectivity index (χ4n) is 2.74. The second kappa shape index (κ2) is 8.53. The summed E-state index contributed by atoms with van der Waals surface area (Å²) in [6.07, 6.45) is 2.61. The lowest BCUT2D eigenvalue weighted by molar-refractivity contribution is -0.129. The molecule has 0 radical (unpaired) electrons. The highest BCUT2D eigenvalue weighted by atomic mass is 16.5. The van der Waals surface area contributed by atoms with Crippen LogP contribution in [0.4, 0.5) is 0 Å². The fraction of sp³-hybridized carbons (Fsp3) is 0.529. The summed E-state index contributed by atoms with van der Waals surface area (Å²) >= 11 is 0. The van der Waals surface area contributed by atoms with Crippen LogP contribution in [0, 0.1) is 0 Å². The number of benzene rings is 1. The average Bonchev–Trinajstić information content (AvgIpc) is 2.72. The normalized spacial score (nSPS) is 18.2. The van der Waals surface area contributed by atoms with Gasteiger partial charge >= 0.3 is 0 Å². The number of carbonyl (C=O) groups is 2. The summed E-state index contributed by atoms with van der Waals surface area (Å²) in [5.74, 6) is 0.593. The number of nitrogens with one attached hydrogen (secondary N) is 2. The number of hydrogen-bond donors (Lipinski definition) is 2. The molecule has 2 rings (SSSR count). The van der Waals surface area contributed by atoms with Crippen molar-refractivity contribution < 1.29 is 14.3 Å². The van der Waals surface area contributed by atoms with Crippen molar-refractivity contribution in [3.8, 4) is 5.75 Å². The number of carbonyl (C=O) groups excluding carboxylic acids is 2. The Morgan fingerprint density at radius 3 is 2.96 bits per heavy atom. The SMILES string of the molecule is COc1ccccc1CN(C)CC(=O)N[C@H]1CCCCNC1=O. The van der Waals surface area contributed by atoms with Crippen molar-refractivity contribution in [2.45, 2.75) is 31.8 Å². The van der Waals surface area contributed by atoms with Gasteiger partial charge in [0.15, 0.2) is 0 Å². The Morgan fingerprint density at radius 1 is 1.39 bits per heavy atom. The van der Waals surface area contributed by atoms with Crippen LogP contribution in [0.3, 0.4) is 0 Å². The monoisotopic (exact) mass is 319 g/mol. The molecule has 0 aliphatic carbocycles. The number of rotatable bonds is 6. The van der Waals surface area contributed by atoms with Crippen LogP contribution in [0.1, 0.15) is 24.8 Å². The van der Waals surface area contributed by atoms with Crippen LogP contribution in [-0.4, -0.2) is 50.0 Å². The number of para-hydroxylation sites is 1. The van der Waals surface area contributed by atoms with Crippen LogP contribution >= 0.6 is 0 Å². The van der Waals surface area contributed by atoms with Gasteiger partial charge in [0, 0.05) is 18.7 Å². The topological polar surface area (TPSA) is 70.7 Å². The van der Waals surface area contributed by atoms with Crippen molar-refractivity contribution in [2.24, 2.45) is 0 Å². The van der Waals surface area contributed by atoms with Crippen molar-refractivity contribution >= 4 is 11.8 Å². The van der Waals surface area contributed by atoms with Crippen LogP contribution in [0.5, 0.6) is 5.75 Å². The highest BCUT2D eigenvalue weighted by molar-refractivity contribution is 5.88. The van der Waals surface area contributed by atoms with Crippen LogP contribution in [-0.2, 0) is 16.1 Å². The Labute approximate surface area is 137 Å². The predicted octanol–water partition coefficient (Wildman–Crippen LogP) is 0.912. The number of methoxy groups -OCH3 is 1. The molecule has 6 nitrogen and oxygen atoms in total. The summed E-state index contributed by atoms with van der Waals surface area (Å²) in [7, 11) is 3.51. The number of hydrogen-bond acceptors (Lipinski definition) is 4. The first-order valence-corrected chi connectivity index (χ1v) is 7.97. The number of nitrogens with zero attached hydrogens (tertiary/aromatic N) is 1. The number of ether oxygens (including phenoxy) is 1. The van der Waals surface area contributed by atoms with Crippen LogP contribution in [0.25, 0.3) is 0 Å². The smallest absolute Gasteiger partial charge is 0.242 e. The molecule has 0 aromatic heterocycles. The molecular weight excluding hydrogens is 294 g/mol. The first-order chi connectivity index (χ1) is 11.1. The maximum Gasteiger partial charge on any atom is 0.242 e. The number of amides is 2. The molecule has 0 saturated carbocycles. The molecule has 0 spiro atoms. The molecule has 1 heterocycles. The van der Waals surface area contributed by atoms with Gasteiger partial charge in [0.25, 0.3) is 0 Å². The zero-order valence-corrected chi connectivity index (χ0v) is 13.8. The summed E-state index contributed by atoms with van der Waals surface area (Å²) in [5.41, 5.74) is 1.03. The van der Waals surface area contributed by atoms with Gasteiger partial charge < -0.3 is 15.4 Å². The lowest BCUT2D eigenvalue weighted by Crippen LogP contribution is -2.48. The van der Waals surface area contributed by atoms with Gasteiger partial charge in [-0.1, -0.05) is 18.2 Å². The third kappa shape index (κ3) is 5.25. The van der Waals surface area contributed by atoms with Crippen molar-refractivity contribution in [1.29, 1.82) is 0 Å². The van der Waals surface area contributed by atoms with E-state index in [2.05, 4.69) is 10.6 Å². The Balaban J connectivity index is 1.85. The Kier molecular flexibility index (Phi) is 6.40. The molecule has 2 amide bonds. The van der Waals surface area contributed by atoms with E-state index in [1.165, 1.54) is 0 Å². The molecule has 23 heavy (non-hydrogen) atoms. The van der Waals surface area contributed by atoms with E-state index >= 15 is 0 Å². The molecule has 1 aromatic rings. The fourth-order valence-corrected chi connectivity index (χ4v) is 2.74. The van der Waals surface area contributed by atoms with Gasteiger partial charge in [-0.25, -0.2) is 0 Å². The minimum atomic E-state index is -0.412.